The minimum Gasteiger partial charge on any atom is -0.390 e. The van der Waals surface area contributed by atoms with Crippen molar-refractivity contribution in [2.24, 2.45) is 0 Å². The van der Waals surface area contributed by atoms with Crippen LogP contribution in [0.2, 0.25) is 0 Å². The van der Waals surface area contributed by atoms with Crippen LogP contribution in [0.5, 0.6) is 0 Å². The highest BCUT2D eigenvalue weighted by molar-refractivity contribution is 5.53. The number of likely N-dealkylation sites (tertiary alicyclic amines) is 1. The summed E-state index contributed by atoms with van der Waals surface area (Å²) in [4.78, 5) is 14.4. The number of hydrogen-bond acceptors (Lipinski definition) is 5. The third-order valence-corrected chi connectivity index (χ3v) is 5.04. The second-order valence-corrected chi connectivity index (χ2v) is 6.81. The van der Waals surface area contributed by atoms with E-state index in [4.69, 9.17) is 0 Å². The maximum Gasteiger partial charge on any atom is 0.272 e. The summed E-state index contributed by atoms with van der Waals surface area (Å²) < 4.78 is 14.1. The predicted octanol–water partition coefficient (Wildman–Crippen LogP) is 2.16. The van der Waals surface area contributed by atoms with Crippen LogP contribution >= 0.6 is 0 Å². The topological polar surface area (TPSA) is 69.8 Å². The van der Waals surface area contributed by atoms with E-state index < -0.39 is 16.3 Å². The van der Waals surface area contributed by atoms with Gasteiger partial charge in [-0.3, -0.25) is 15.0 Å². The molecule has 2 saturated heterocycles. The van der Waals surface area contributed by atoms with Gasteiger partial charge in [-0.2, -0.15) is 0 Å². The molecule has 6 nitrogen and oxygen atoms in total. The minimum absolute atomic E-state index is 0.222. The molecule has 126 valence electrons. The third kappa shape index (κ3) is 3.45. The van der Waals surface area contributed by atoms with Crippen LogP contribution in [-0.2, 0) is 0 Å². The predicted molar refractivity (Wildman–Crippen MR) is 85.1 cm³/mol. The monoisotopic (exact) mass is 323 g/mol. The van der Waals surface area contributed by atoms with Crippen molar-refractivity contribution in [3.8, 4) is 0 Å². The normalized spacial score (nSPS) is 24.8. The van der Waals surface area contributed by atoms with Gasteiger partial charge in [0.15, 0.2) is 5.82 Å². The standard InChI is InChI=1S/C16H22FN3O3/c1-16(21)5-8-18(9-6-16)13-4-7-19(11-13)15-3-2-12(20(22)23)10-14(15)17/h2-3,10,13,21H,4-9,11H2,1H3/t13-/m1/s1. The third-order valence-electron chi connectivity index (χ3n) is 5.04. The van der Waals surface area contributed by atoms with Gasteiger partial charge >= 0.3 is 0 Å². The van der Waals surface area contributed by atoms with Crippen molar-refractivity contribution in [2.45, 2.75) is 37.8 Å². The number of rotatable bonds is 3. The Bertz CT molecular complexity index is 598. The van der Waals surface area contributed by atoms with E-state index in [9.17, 15) is 19.6 Å². The van der Waals surface area contributed by atoms with Crippen LogP contribution in [0.1, 0.15) is 26.2 Å². The van der Waals surface area contributed by atoms with Gasteiger partial charge in [0.05, 0.1) is 22.3 Å². The van der Waals surface area contributed by atoms with Crippen molar-refractivity contribution < 1.29 is 14.4 Å². The molecule has 0 aliphatic carbocycles. The van der Waals surface area contributed by atoms with Crippen molar-refractivity contribution in [3.63, 3.8) is 0 Å². The highest BCUT2D eigenvalue weighted by Crippen LogP contribution is 2.30. The van der Waals surface area contributed by atoms with Gasteiger partial charge in [0.1, 0.15) is 0 Å². The Morgan fingerprint density at radius 1 is 1.35 bits per heavy atom. The number of non-ortho nitro benzene ring substituents is 1. The van der Waals surface area contributed by atoms with Crippen LogP contribution in [0.3, 0.4) is 0 Å². The van der Waals surface area contributed by atoms with E-state index in [2.05, 4.69) is 4.90 Å². The number of nitro groups is 1. The lowest BCUT2D eigenvalue weighted by molar-refractivity contribution is -0.385. The average Bonchev–Trinajstić information content (AvgIpc) is 2.96. The molecule has 0 amide bonds. The highest BCUT2D eigenvalue weighted by atomic mass is 19.1. The van der Waals surface area contributed by atoms with Gasteiger partial charge < -0.3 is 10.0 Å². The number of benzene rings is 1. The fraction of sp³-hybridized carbons (Fsp3) is 0.625. The van der Waals surface area contributed by atoms with E-state index in [0.29, 0.717) is 11.7 Å². The second-order valence-electron chi connectivity index (χ2n) is 6.81. The number of hydrogen-bond donors (Lipinski definition) is 1. The molecule has 2 aliphatic rings. The molecule has 0 radical (unpaired) electrons. The first-order valence-corrected chi connectivity index (χ1v) is 8.01. The zero-order valence-electron chi connectivity index (χ0n) is 13.2. The van der Waals surface area contributed by atoms with E-state index in [0.717, 1.165) is 51.5 Å². The first-order chi connectivity index (χ1) is 10.9. The van der Waals surface area contributed by atoms with Gasteiger partial charge in [0, 0.05) is 38.3 Å². The summed E-state index contributed by atoms with van der Waals surface area (Å²) in [5.74, 6) is -0.540. The fourth-order valence-corrected chi connectivity index (χ4v) is 3.50. The maximum atomic E-state index is 14.1. The van der Waals surface area contributed by atoms with E-state index >= 15 is 0 Å². The summed E-state index contributed by atoms with van der Waals surface area (Å²) in [6, 6.07) is 4.18. The molecule has 3 rings (SSSR count). The zero-order valence-corrected chi connectivity index (χ0v) is 13.2. The Kier molecular flexibility index (Phi) is 4.25. The summed E-state index contributed by atoms with van der Waals surface area (Å²) in [5, 5.41) is 20.7. The summed E-state index contributed by atoms with van der Waals surface area (Å²) >= 11 is 0. The first-order valence-electron chi connectivity index (χ1n) is 8.01. The fourth-order valence-electron chi connectivity index (χ4n) is 3.50. The van der Waals surface area contributed by atoms with Crippen LogP contribution in [-0.4, -0.2) is 52.8 Å². The molecule has 0 unspecified atom stereocenters. The molecule has 1 aromatic rings. The van der Waals surface area contributed by atoms with Gasteiger partial charge in [-0.25, -0.2) is 4.39 Å². The van der Waals surface area contributed by atoms with E-state index in [-0.39, 0.29) is 5.69 Å². The van der Waals surface area contributed by atoms with Crippen molar-refractivity contribution in [3.05, 3.63) is 34.1 Å². The summed E-state index contributed by atoms with van der Waals surface area (Å²) in [7, 11) is 0. The quantitative estimate of drug-likeness (QED) is 0.682. The number of nitrogens with zero attached hydrogens (tertiary/aromatic N) is 3. The number of halogens is 1. The Labute approximate surface area is 134 Å². The van der Waals surface area contributed by atoms with Crippen molar-refractivity contribution in [1.82, 2.24) is 4.90 Å². The smallest absolute Gasteiger partial charge is 0.272 e. The molecular formula is C16H22FN3O3. The molecule has 0 aromatic heterocycles. The molecule has 1 N–H and O–H groups in total. The molecule has 0 saturated carbocycles. The highest BCUT2D eigenvalue weighted by Gasteiger charge is 2.34. The maximum absolute atomic E-state index is 14.1. The van der Waals surface area contributed by atoms with Gasteiger partial charge in [0.25, 0.3) is 5.69 Å². The molecule has 0 spiro atoms. The molecule has 2 fully saturated rings. The molecule has 0 bridgehead atoms. The average molecular weight is 323 g/mol. The summed E-state index contributed by atoms with van der Waals surface area (Å²) in [6.07, 6.45) is 2.46. The largest absolute Gasteiger partial charge is 0.390 e. The number of piperidine rings is 1. The lowest BCUT2D eigenvalue weighted by Gasteiger charge is -2.39. The first kappa shape index (κ1) is 16.1. The van der Waals surface area contributed by atoms with Crippen molar-refractivity contribution >= 4 is 11.4 Å². The Morgan fingerprint density at radius 3 is 2.65 bits per heavy atom. The number of anilines is 1. The number of aliphatic hydroxyl groups is 1. The van der Waals surface area contributed by atoms with Crippen LogP contribution < -0.4 is 4.90 Å². The summed E-state index contributed by atoms with van der Waals surface area (Å²) in [6.45, 7) is 5.04. The van der Waals surface area contributed by atoms with Crippen LogP contribution in [0, 0.1) is 15.9 Å². The Balaban J connectivity index is 1.65. The van der Waals surface area contributed by atoms with Crippen molar-refractivity contribution in [1.29, 1.82) is 0 Å². The molecule has 1 aromatic carbocycles. The lowest BCUT2D eigenvalue weighted by Crippen LogP contribution is -2.47. The number of nitro benzene ring substituents is 1. The van der Waals surface area contributed by atoms with Gasteiger partial charge in [-0.15, -0.1) is 0 Å². The van der Waals surface area contributed by atoms with E-state index in [1.165, 1.54) is 12.1 Å². The molecule has 23 heavy (non-hydrogen) atoms. The van der Waals surface area contributed by atoms with E-state index in [1.54, 1.807) is 0 Å². The molecule has 2 heterocycles. The lowest BCUT2D eigenvalue weighted by atomic mass is 9.93. The molecule has 2 aliphatic heterocycles. The van der Waals surface area contributed by atoms with E-state index in [1.807, 2.05) is 11.8 Å². The van der Waals surface area contributed by atoms with Crippen LogP contribution in [0.4, 0.5) is 15.8 Å². The molecule has 7 heteroatoms. The van der Waals surface area contributed by atoms with Gasteiger partial charge in [-0.05, 0) is 32.3 Å². The van der Waals surface area contributed by atoms with Gasteiger partial charge in [-0.1, -0.05) is 0 Å². The molecule has 1 atom stereocenters. The van der Waals surface area contributed by atoms with Gasteiger partial charge in [0.2, 0.25) is 0 Å². The zero-order chi connectivity index (χ0) is 16.6. The SMILES string of the molecule is CC1(O)CCN([C@@H]2CCN(c3ccc([N+](=O)[O-])cc3F)C2)CC1. The Morgan fingerprint density at radius 2 is 2.04 bits per heavy atom. The van der Waals surface area contributed by atoms with Crippen LogP contribution in [0.25, 0.3) is 0 Å². The van der Waals surface area contributed by atoms with Crippen molar-refractivity contribution in [2.75, 3.05) is 31.1 Å². The minimum atomic E-state index is -0.584. The second kappa shape index (κ2) is 6.05. The Hall–Kier alpha value is -1.73. The summed E-state index contributed by atoms with van der Waals surface area (Å²) in [5.41, 5.74) is -0.360. The van der Waals surface area contributed by atoms with Crippen LogP contribution in [0.15, 0.2) is 18.2 Å². The molecular weight excluding hydrogens is 301 g/mol.